The fourth-order valence-corrected chi connectivity index (χ4v) is 2.47. The zero-order valence-corrected chi connectivity index (χ0v) is 10.2. The Morgan fingerprint density at radius 1 is 1.50 bits per heavy atom. The summed E-state index contributed by atoms with van der Waals surface area (Å²) in [5.74, 6) is 0.301. The monoisotopic (exact) mass is 241 g/mol. The second kappa shape index (κ2) is 5.15. The van der Waals surface area contributed by atoms with Crippen molar-refractivity contribution in [2.75, 3.05) is 6.54 Å². The molecule has 1 aliphatic carbocycles. The molecule has 1 saturated carbocycles. The molecule has 1 aromatic carbocycles. The minimum atomic E-state index is -0.262. The van der Waals surface area contributed by atoms with Crippen molar-refractivity contribution in [1.29, 1.82) is 0 Å². The minimum absolute atomic E-state index is 0.123. The predicted octanol–water partition coefficient (Wildman–Crippen LogP) is 3.93. The third-order valence-corrected chi connectivity index (χ3v) is 3.65. The van der Waals surface area contributed by atoms with Gasteiger partial charge < -0.3 is 5.32 Å². The molecular weight excluding hydrogens is 225 g/mol. The predicted molar refractivity (Wildman–Crippen MR) is 65.2 cm³/mol. The van der Waals surface area contributed by atoms with E-state index >= 15 is 0 Å². The molecule has 0 bridgehead atoms. The smallest absolute Gasteiger partial charge is 0.146 e. The van der Waals surface area contributed by atoms with Gasteiger partial charge in [-0.2, -0.15) is 0 Å². The summed E-state index contributed by atoms with van der Waals surface area (Å²) in [5.41, 5.74) is 0.721. The minimum Gasteiger partial charge on any atom is -0.310 e. The lowest BCUT2D eigenvalue weighted by atomic mass is 9.77. The highest BCUT2D eigenvalue weighted by molar-refractivity contribution is 6.30. The molecule has 1 N–H and O–H groups in total. The fraction of sp³-hybridized carbons (Fsp3) is 0.538. The van der Waals surface area contributed by atoms with Crippen LogP contribution < -0.4 is 5.32 Å². The maximum Gasteiger partial charge on any atom is 0.146 e. The molecule has 0 radical (unpaired) electrons. The zero-order chi connectivity index (χ0) is 11.5. The van der Waals surface area contributed by atoms with Crippen LogP contribution in [0.1, 0.15) is 37.8 Å². The lowest BCUT2D eigenvalue weighted by Gasteiger charge is -2.34. The number of halogens is 2. The maximum atomic E-state index is 13.9. The van der Waals surface area contributed by atoms with E-state index in [9.17, 15) is 4.39 Å². The molecule has 1 aromatic rings. The molecule has 2 rings (SSSR count). The van der Waals surface area contributed by atoms with Crippen molar-refractivity contribution < 1.29 is 4.39 Å². The average Bonchev–Trinajstić information content (AvgIpc) is 2.19. The van der Waals surface area contributed by atoms with Gasteiger partial charge in [0.15, 0.2) is 0 Å². The number of benzene rings is 1. The zero-order valence-electron chi connectivity index (χ0n) is 9.47. The van der Waals surface area contributed by atoms with Crippen LogP contribution in [0.5, 0.6) is 0 Å². The lowest BCUT2D eigenvalue weighted by Crippen LogP contribution is -2.32. The van der Waals surface area contributed by atoms with Gasteiger partial charge in [0.05, 0.1) is 5.02 Å². The molecule has 0 amide bonds. The van der Waals surface area contributed by atoms with E-state index in [2.05, 4.69) is 5.32 Å². The first kappa shape index (κ1) is 11.9. The van der Waals surface area contributed by atoms with Crippen molar-refractivity contribution in [3.05, 3.63) is 34.6 Å². The van der Waals surface area contributed by atoms with Crippen LogP contribution in [0.15, 0.2) is 18.2 Å². The average molecular weight is 242 g/mol. The van der Waals surface area contributed by atoms with Crippen molar-refractivity contribution in [2.45, 2.75) is 32.2 Å². The lowest BCUT2D eigenvalue weighted by molar-refractivity contribution is 0.229. The van der Waals surface area contributed by atoms with Crippen LogP contribution in [0.3, 0.4) is 0 Å². The van der Waals surface area contributed by atoms with Gasteiger partial charge >= 0.3 is 0 Å². The Balaban J connectivity index is 2.26. The van der Waals surface area contributed by atoms with Gasteiger partial charge in [0.2, 0.25) is 0 Å². The van der Waals surface area contributed by atoms with Crippen LogP contribution in [0, 0.1) is 11.7 Å². The molecule has 0 heterocycles. The van der Waals surface area contributed by atoms with E-state index < -0.39 is 0 Å². The summed E-state index contributed by atoms with van der Waals surface area (Å²) in [6.45, 7) is 2.90. The summed E-state index contributed by atoms with van der Waals surface area (Å²) in [6.07, 6.45) is 3.63. The standard InChI is InChI=1S/C13H17ClFN/c1-2-16-13(9-5-3-6-9)10-7-4-8-11(14)12(10)15/h4,7-9,13,16H,2-3,5-6H2,1H3. The highest BCUT2D eigenvalue weighted by atomic mass is 35.5. The van der Waals surface area contributed by atoms with Crippen molar-refractivity contribution in [3.63, 3.8) is 0 Å². The summed E-state index contributed by atoms with van der Waals surface area (Å²) in [6, 6.07) is 5.39. The highest BCUT2D eigenvalue weighted by Gasteiger charge is 2.29. The Morgan fingerprint density at radius 3 is 2.81 bits per heavy atom. The largest absolute Gasteiger partial charge is 0.310 e. The van der Waals surface area contributed by atoms with Gasteiger partial charge in [0, 0.05) is 11.6 Å². The first-order valence-electron chi connectivity index (χ1n) is 5.91. The van der Waals surface area contributed by atoms with Crippen LogP contribution in [0.4, 0.5) is 4.39 Å². The van der Waals surface area contributed by atoms with E-state index in [1.807, 2.05) is 19.1 Å². The Kier molecular flexibility index (Phi) is 3.82. The quantitative estimate of drug-likeness (QED) is 0.842. The van der Waals surface area contributed by atoms with Crippen LogP contribution in [-0.2, 0) is 0 Å². The molecule has 0 spiro atoms. The normalized spacial score (nSPS) is 18.2. The van der Waals surface area contributed by atoms with E-state index in [1.165, 1.54) is 19.3 Å². The maximum absolute atomic E-state index is 13.9. The van der Waals surface area contributed by atoms with E-state index in [4.69, 9.17) is 11.6 Å². The van der Waals surface area contributed by atoms with Crippen molar-refractivity contribution in [3.8, 4) is 0 Å². The molecule has 0 saturated heterocycles. The second-order valence-corrected chi connectivity index (χ2v) is 4.78. The van der Waals surface area contributed by atoms with Gasteiger partial charge in [-0.25, -0.2) is 4.39 Å². The third kappa shape index (κ3) is 2.23. The van der Waals surface area contributed by atoms with E-state index in [-0.39, 0.29) is 16.9 Å². The van der Waals surface area contributed by atoms with Crippen LogP contribution >= 0.6 is 11.6 Å². The van der Waals surface area contributed by atoms with Crippen molar-refractivity contribution in [1.82, 2.24) is 5.32 Å². The Labute approximate surface area is 101 Å². The molecule has 1 aliphatic rings. The summed E-state index contributed by atoms with van der Waals surface area (Å²) < 4.78 is 13.9. The topological polar surface area (TPSA) is 12.0 Å². The number of rotatable bonds is 4. The molecule has 1 unspecified atom stereocenters. The van der Waals surface area contributed by atoms with Crippen LogP contribution in [0.2, 0.25) is 5.02 Å². The molecule has 1 fully saturated rings. The second-order valence-electron chi connectivity index (χ2n) is 4.37. The van der Waals surface area contributed by atoms with Crippen LogP contribution in [0.25, 0.3) is 0 Å². The molecule has 3 heteroatoms. The van der Waals surface area contributed by atoms with Crippen molar-refractivity contribution in [2.24, 2.45) is 5.92 Å². The van der Waals surface area contributed by atoms with E-state index in [1.54, 1.807) is 6.07 Å². The molecule has 0 aromatic heterocycles. The third-order valence-electron chi connectivity index (χ3n) is 3.36. The van der Waals surface area contributed by atoms with Gasteiger partial charge in [-0.05, 0) is 31.4 Å². The molecule has 0 aliphatic heterocycles. The van der Waals surface area contributed by atoms with Gasteiger partial charge in [-0.15, -0.1) is 0 Å². The highest BCUT2D eigenvalue weighted by Crippen LogP contribution is 2.39. The Morgan fingerprint density at radius 2 is 2.25 bits per heavy atom. The molecule has 1 atom stereocenters. The fourth-order valence-electron chi connectivity index (χ4n) is 2.28. The molecular formula is C13H17ClFN. The van der Waals surface area contributed by atoms with Gasteiger partial charge in [0.1, 0.15) is 5.82 Å². The summed E-state index contributed by atoms with van der Waals surface area (Å²) in [4.78, 5) is 0. The molecule has 88 valence electrons. The number of hydrogen-bond donors (Lipinski definition) is 1. The number of nitrogens with one attached hydrogen (secondary N) is 1. The SMILES string of the molecule is CCNC(c1cccc(Cl)c1F)C1CCC1. The Hall–Kier alpha value is -0.600. The first-order chi connectivity index (χ1) is 7.74. The van der Waals surface area contributed by atoms with Gasteiger partial charge in [0.25, 0.3) is 0 Å². The van der Waals surface area contributed by atoms with Crippen molar-refractivity contribution >= 4 is 11.6 Å². The van der Waals surface area contributed by atoms with E-state index in [0.29, 0.717) is 5.92 Å². The summed E-state index contributed by atoms with van der Waals surface area (Å²) in [5, 5.41) is 3.59. The Bertz CT molecular complexity index is 363. The molecule has 1 nitrogen and oxygen atoms in total. The summed E-state index contributed by atoms with van der Waals surface area (Å²) in [7, 11) is 0. The van der Waals surface area contributed by atoms with Gasteiger partial charge in [-0.3, -0.25) is 0 Å². The molecule has 16 heavy (non-hydrogen) atoms. The van der Waals surface area contributed by atoms with E-state index in [0.717, 1.165) is 12.1 Å². The first-order valence-corrected chi connectivity index (χ1v) is 6.29. The summed E-state index contributed by atoms with van der Waals surface area (Å²) >= 11 is 5.82. The number of hydrogen-bond acceptors (Lipinski definition) is 1. The van der Waals surface area contributed by atoms with Gasteiger partial charge in [-0.1, -0.05) is 37.1 Å². The van der Waals surface area contributed by atoms with Crippen LogP contribution in [-0.4, -0.2) is 6.54 Å².